The number of thioether (sulfide) groups is 1. The Labute approximate surface area is 125 Å². The van der Waals surface area contributed by atoms with Crippen LogP contribution in [0.25, 0.3) is 0 Å². The van der Waals surface area contributed by atoms with Crippen LogP contribution in [-0.2, 0) is 5.75 Å². The minimum absolute atomic E-state index is 0.577. The molecule has 0 aliphatic rings. The fraction of sp³-hybridized carbons (Fsp3) is 0.214. The molecule has 0 bridgehead atoms. The van der Waals surface area contributed by atoms with E-state index in [2.05, 4.69) is 44.1 Å². The minimum atomic E-state index is 0.577. The van der Waals surface area contributed by atoms with E-state index in [0.29, 0.717) is 11.4 Å². The van der Waals surface area contributed by atoms with Crippen molar-refractivity contribution in [3.63, 3.8) is 0 Å². The van der Waals surface area contributed by atoms with E-state index in [0.717, 1.165) is 20.9 Å². The van der Waals surface area contributed by atoms with Gasteiger partial charge in [-0.05, 0) is 31.5 Å². The molecular weight excluding hydrogens is 322 g/mol. The molecule has 0 fully saturated rings. The molecule has 0 amide bonds. The Kier molecular flexibility index (Phi) is 4.56. The molecule has 2 aromatic rings. The zero-order valence-corrected chi connectivity index (χ0v) is 13.0. The largest absolute Gasteiger partial charge is 0.237 e. The molecule has 0 radical (unpaired) electrons. The normalized spacial score (nSPS) is 10.2. The van der Waals surface area contributed by atoms with Crippen molar-refractivity contribution in [3.05, 3.63) is 51.4 Å². The van der Waals surface area contributed by atoms with Gasteiger partial charge in [-0.2, -0.15) is 5.26 Å². The van der Waals surface area contributed by atoms with Crippen LogP contribution in [0.4, 0.5) is 0 Å². The van der Waals surface area contributed by atoms with Crippen molar-refractivity contribution in [3.8, 4) is 6.07 Å². The van der Waals surface area contributed by atoms with Gasteiger partial charge in [-0.1, -0.05) is 28.1 Å². The molecule has 3 nitrogen and oxygen atoms in total. The summed E-state index contributed by atoms with van der Waals surface area (Å²) in [4.78, 5) is 8.58. The van der Waals surface area contributed by atoms with Crippen molar-refractivity contribution in [2.24, 2.45) is 0 Å². The Morgan fingerprint density at radius 3 is 2.53 bits per heavy atom. The van der Waals surface area contributed by atoms with Gasteiger partial charge < -0.3 is 0 Å². The number of hydrogen-bond acceptors (Lipinski definition) is 4. The topological polar surface area (TPSA) is 49.6 Å². The number of hydrogen-bond donors (Lipinski definition) is 0. The molecule has 1 aromatic heterocycles. The van der Waals surface area contributed by atoms with Gasteiger partial charge in [0, 0.05) is 10.2 Å². The summed E-state index contributed by atoms with van der Waals surface area (Å²) < 4.78 is 1.06. The van der Waals surface area contributed by atoms with Gasteiger partial charge in [0.2, 0.25) is 0 Å². The van der Waals surface area contributed by atoms with Crippen LogP contribution in [0, 0.1) is 25.2 Å². The average Bonchev–Trinajstić information content (AvgIpc) is 2.37. The molecular formula is C14H12BrN3S. The molecule has 0 spiro atoms. The van der Waals surface area contributed by atoms with E-state index in [9.17, 15) is 5.26 Å². The van der Waals surface area contributed by atoms with Gasteiger partial charge >= 0.3 is 0 Å². The first kappa shape index (κ1) is 14.0. The zero-order chi connectivity index (χ0) is 13.8. The number of aryl methyl sites for hydroxylation is 2. The fourth-order valence-electron chi connectivity index (χ4n) is 1.65. The van der Waals surface area contributed by atoms with Crippen LogP contribution in [0.1, 0.15) is 22.6 Å². The maximum absolute atomic E-state index is 9.17. The Hall–Kier alpha value is -1.38. The van der Waals surface area contributed by atoms with E-state index < -0.39 is 0 Å². The quantitative estimate of drug-likeness (QED) is 0.628. The summed E-state index contributed by atoms with van der Waals surface area (Å²) in [6.07, 6.45) is 0. The maximum atomic E-state index is 9.17. The standard InChI is InChI=1S/C14H12BrN3S/c1-9-13(7-16)14(18-10(2)17-9)19-8-11-3-5-12(15)6-4-11/h3-6H,8H2,1-2H3. The number of halogens is 1. The lowest BCUT2D eigenvalue weighted by atomic mass is 10.2. The highest BCUT2D eigenvalue weighted by Gasteiger charge is 2.10. The van der Waals surface area contributed by atoms with Crippen LogP contribution >= 0.6 is 27.7 Å². The third kappa shape index (κ3) is 3.55. The summed E-state index contributed by atoms with van der Waals surface area (Å²) in [5.74, 6) is 1.49. The lowest BCUT2D eigenvalue weighted by molar-refractivity contribution is 0.923. The van der Waals surface area contributed by atoms with Crippen LogP contribution in [0.15, 0.2) is 33.8 Å². The molecule has 0 aliphatic carbocycles. The van der Waals surface area contributed by atoms with Gasteiger partial charge in [0.15, 0.2) is 0 Å². The predicted molar refractivity (Wildman–Crippen MR) is 79.9 cm³/mol. The highest BCUT2D eigenvalue weighted by Crippen LogP contribution is 2.26. The van der Waals surface area contributed by atoms with E-state index in [1.807, 2.05) is 26.0 Å². The fourth-order valence-corrected chi connectivity index (χ4v) is 2.94. The van der Waals surface area contributed by atoms with Gasteiger partial charge in [0.05, 0.1) is 5.69 Å². The van der Waals surface area contributed by atoms with Crippen LogP contribution in [0.3, 0.4) is 0 Å². The van der Waals surface area contributed by atoms with E-state index in [1.54, 1.807) is 11.8 Å². The van der Waals surface area contributed by atoms with Crippen LogP contribution in [0.2, 0.25) is 0 Å². The third-order valence-corrected chi connectivity index (χ3v) is 4.14. The SMILES string of the molecule is Cc1nc(C)c(C#N)c(SCc2ccc(Br)cc2)n1. The Balaban J connectivity index is 2.20. The molecule has 0 aliphatic heterocycles. The first-order chi connectivity index (χ1) is 9.10. The van der Waals surface area contributed by atoms with Crippen molar-refractivity contribution in [1.82, 2.24) is 9.97 Å². The van der Waals surface area contributed by atoms with Crippen molar-refractivity contribution < 1.29 is 0 Å². The highest BCUT2D eigenvalue weighted by molar-refractivity contribution is 9.10. The minimum Gasteiger partial charge on any atom is -0.237 e. The molecule has 0 atom stereocenters. The molecule has 0 N–H and O–H groups in total. The summed E-state index contributed by atoms with van der Waals surface area (Å²) in [7, 11) is 0. The van der Waals surface area contributed by atoms with E-state index in [-0.39, 0.29) is 0 Å². The zero-order valence-electron chi connectivity index (χ0n) is 10.6. The number of aromatic nitrogens is 2. The van der Waals surface area contributed by atoms with Crippen LogP contribution < -0.4 is 0 Å². The van der Waals surface area contributed by atoms with Gasteiger partial charge in [0.25, 0.3) is 0 Å². The van der Waals surface area contributed by atoms with E-state index in [1.165, 1.54) is 5.56 Å². The molecule has 5 heteroatoms. The first-order valence-corrected chi connectivity index (χ1v) is 7.50. The predicted octanol–water partition coefficient (Wildman–Crippen LogP) is 4.02. The van der Waals surface area contributed by atoms with Gasteiger partial charge in [-0.25, -0.2) is 9.97 Å². The smallest absolute Gasteiger partial charge is 0.126 e. The molecule has 1 aromatic carbocycles. The molecule has 19 heavy (non-hydrogen) atoms. The van der Waals surface area contributed by atoms with E-state index in [4.69, 9.17) is 0 Å². The molecule has 0 unspecified atom stereocenters. The van der Waals surface area contributed by atoms with Crippen molar-refractivity contribution in [2.45, 2.75) is 24.6 Å². The van der Waals surface area contributed by atoms with Crippen LogP contribution in [0.5, 0.6) is 0 Å². The summed E-state index contributed by atoms with van der Waals surface area (Å²) in [6, 6.07) is 10.3. The third-order valence-electron chi connectivity index (χ3n) is 2.57. The molecule has 1 heterocycles. The average molecular weight is 334 g/mol. The lowest BCUT2D eigenvalue weighted by Crippen LogP contribution is -1.99. The van der Waals surface area contributed by atoms with Crippen molar-refractivity contribution in [2.75, 3.05) is 0 Å². The van der Waals surface area contributed by atoms with Gasteiger partial charge in [0.1, 0.15) is 22.5 Å². The molecule has 0 saturated carbocycles. The maximum Gasteiger partial charge on any atom is 0.126 e. The second-order valence-electron chi connectivity index (χ2n) is 4.06. The Morgan fingerprint density at radius 1 is 1.21 bits per heavy atom. The molecule has 2 rings (SSSR count). The number of nitriles is 1. The summed E-state index contributed by atoms with van der Waals surface area (Å²) in [5, 5.41) is 9.93. The molecule has 0 saturated heterocycles. The number of rotatable bonds is 3. The summed E-state index contributed by atoms with van der Waals surface area (Å²) >= 11 is 4.98. The summed E-state index contributed by atoms with van der Waals surface area (Å²) in [6.45, 7) is 3.69. The molecule has 96 valence electrons. The van der Waals surface area contributed by atoms with Crippen molar-refractivity contribution in [1.29, 1.82) is 5.26 Å². The Morgan fingerprint density at radius 2 is 1.89 bits per heavy atom. The Bertz CT molecular complexity index is 632. The number of benzene rings is 1. The van der Waals surface area contributed by atoms with Crippen molar-refractivity contribution >= 4 is 27.7 Å². The van der Waals surface area contributed by atoms with Crippen LogP contribution in [-0.4, -0.2) is 9.97 Å². The monoisotopic (exact) mass is 333 g/mol. The van der Waals surface area contributed by atoms with E-state index >= 15 is 0 Å². The first-order valence-electron chi connectivity index (χ1n) is 5.72. The second kappa shape index (κ2) is 6.18. The number of nitrogens with zero attached hydrogens (tertiary/aromatic N) is 3. The summed E-state index contributed by atoms with van der Waals surface area (Å²) in [5.41, 5.74) is 2.52. The van der Waals surface area contributed by atoms with Gasteiger partial charge in [-0.3, -0.25) is 0 Å². The highest BCUT2D eigenvalue weighted by atomic mass is 79.9. The lowest BCUT2D eigenvalue weighted by Gasteiger charge is -2.06. The van der Waals surface area contributed by atoms with Gasteiger partial charge in [-0.15, -0.1) is 11.8 Å². The second-order valence-corrected chi connectivity index (χ2v) is 5.94.